The molecule has 0 saturated carbocycles. The number of thioether (sulfide) groups is 1. The molecule has 5 nitrogen and oxygen atoms in total. The first-order valence-corrected chi connectivity index (χ1v) is 9.45. The lowest BCUT2D eigenvalue weighted by Gasteiger charge is -2.28. The molecule has 1 aliphatic heterocycles. The van der Waals surface area contributed by atoms with E-state index in [1.807, 2.05) is 48.7 Å². The van der Waals surface area contributed by atoms with Crippen molar-refractivity contribution in [3.05, 3.63) is 42.5 Å². The van der Waals surface area contributed by atoms with Crippen LogP contribution in [0.15, 0.2) is 42.5 Å². The van der Waals surface area contributed by atoms with Gasteiger partial charge in [0.2, 0.25) is 5.91 Å². The molecule has 0 atom stereocenters. The van der Waals surface area contributed by atoms with Gasteiger partial charge in [0.15, 0.2) is 0 Å². The minimum absolute atomic E-state index is 0.00918. The SMILES string of the molecule is CSCCC(=O)N1CCCN1C(=O)Nc1cccc2ccccc12. The van der Waals surface area contributed by atoms with Crippen molar-refractivity contribution in [2.24, 2.45) is 0 Å². The molecule has 2 aromatic carbocycles. The molecule has 3 amide bonds. The number of hydrazine groups is 1. The molecule has 24 heavy (non-hydrogen) atoms. The molecular formula is C18H21N3O2S. The lowest BCUT2D eigenvalue weighted by Crippen LogP contribution is -2.46. The fourth-order valence-corrected chi connectivity index (χ4v) is 3.29. The van der Waals surface area contributed by atoms with Gasteiger partial charge in [0.25, 0.3) is 0 Å². The van der Waals surface area contributed by atoms with Gasteiger partial charge in [0.05, 0.1) is 5.69 Å². The summed E-state index contributed by atoms with van der Waals surface area (Å²) >= 11 is 1.64. The van der Waals surface area contributed by atoms with Crippen molar-refractivity contribution < 1.29 is 9.59 Å². The Bertz CT molecular complexity index is 745. The van der Waals surface area contributed by atoms with Crippen LogP contribution in [0.1, 0.15) is 12.8 Å². The normalized spacial score (nSPS) is 14.2. The second kappa shape index (κ2) is 7.57. The van der Waals surface area contributed by atoms with Crippen LogP contribution in [0.4, 0.5) is 10.5 Å². The number of rotatable bonds is 4. The van der Waals surface area contributed by atoms with Gasteiger partial charge in [-0.1, -0.05) is 36.4 Å². The maximum Gasteiger partial charge on any atom is 0.340 e. The van der Waals surface area contributed by atoms with Crippen molar-refractivity contribution in [2.45, 2.75) is 12.8 Å². The first kappa shape index (κ1) is 16.6. The van der Waals surface area contributed by atoms with Crippen LogP contribution < -0.4 is 5.32 Å². The Morgan fingerprint density at radius 3 is 2.67 bits per heavy atom. The average molecular weight is 343 g/mol. The van der Waals surface area contributed by atoms with Gasteiger partial charge in [-0.05, 0) is 24.1 Å². The highest BCUT2D eigenvalue weighted by Crippen LogP contribution is 2.24. The van der Waals surface area contributed by atoms with Crippen molar-refractivity contribution in [1.82, 2.24) is 10.0 Å². The van der Waals surface area contributed by atoms with Crippen LogP contribution in [-0.2, 0) is 4.79 Å². The number of fused-ring (bicyclic) bond motifs is 1. The molecule has 0 aromatic heterocycles. The molecule has 0 radical (unpaired) electrons. The zero-order valence-corrected chi connectivity index (χ0v) is 14.5. The molecule has 1 fully saturated rings. The summed E-state index contributed by atoms with van der Waals surface area (Å²) in [6, 6.07) is 13.5. The highest BCUT2D eigenvalue weighted by atomic mass is 32.2. The van der Waals surface area contributed by atoms with Gasteiger partial charge < -0.3 is 5.32 Å². The molecule has 0 unspecified atom stereocenters. The first-order chi connectivity index (χ1) is 11.7. The number of benzene rings is 2. The van der Waals surface area contributed by atoms with Crippen LogP contribution in [-0.4, -0.2) is 47.1 Å². The summed E-state index contributed by atoms with van der Waals surface area (Å²) in [6.45, 7) is 1.18. The number of nitrogens with zero attached hydrogens (tertiary/aromatic N) is 2. The number of hydrogen-bond acceptors (Lipinski definition) is 3. The van der Waals surface area contributed by atoms with Gasteiger partial charge in [-0.2, -0.15) is 11.8 Å². The number of amides is 3. The number of carbonyl (C=O) groups excluding carboxylic acids is 2. The monoisotopic (exact) mass is 343 g/mol. The van der Waals surface area contributed by atoms with Crippen molar-refractivity contribution >= 4 is 40.2 Å². The molecule has 0 aliphatic carbocycles. The van der Waals surface area contributed by atoms with Crippen molar-refractivity contribution in [1.29, 1.82) is 0 Å². The number of urea groups is 1. The number of carbonyl (C=O) groups is 2. The summed E-state index contributed by atoms with van der Waals surface area (Å²) in [7, 11) is 0. The van der Waals surface area contributed by atoms with Gasteiger partial charge in [-0.15, -0.1) is 0 Å². The second-order valence-electron chi connectivity index (χ2n) is 5.69. The highest BCUT2D eigenvalue weighted by Gasteiger charge is 2.30. The Balaban J connectivity index is 1.75. The third-order valence-corrected chi connectivity index (χ3v) is 4.72. The molecule has 2 aromatic rings. The topological polar surface area (TPSA) is 52.7 Å². The van der Waals surface area contributed by atoms with Crippen LogP contribution >= 0.6 is 11.8 Å². The molecular weight excluding hydrogens is 322 g/mol. The van der Waals surface area contributed by atoms with Crippen molar-refractivity contribution in [2.75, 3.05) is 30.4 Å². The Morgan fingerprint density at radius 1 is 1.08 bits per heavy atom. The maximum atomic E-state index is 12.7. The molecule has 0 bridgehead atoms. The van der Waals surface area contributed by atoms with E-state index in [4.69, 9.17) is 0 Å². The van der Waals surface area contributed by atoms with Crippen molar-refractivity contribution in [3.63, 3.8) is 0 Å². The summed E-state index contributed by atoms with van der Waals surface area (Å²) in [4.78, 5) is 24.9. The lowest BCUT2D eigenvalue weighted by molar-refractivity contribution is -0.139. The van der Waals surface area contributed by atoms with Crippen LogP contribution in [0.5, 0.6) is 0 Å². The van der Waals surface area contributed by atoms with E-state index in [2.05, 4.69) is 5.32 Å². The number of anilines is 1. The van der Waals surface area contributed by atoms with Gasteiger partial charge in [-0.25, -0.2) is 14.8 Å². The van der Waals surface area contributed by atoms with E-state index in [0.717, 1.165) is 28.6 Å². The third kappa shape index (κ3) is 3.48. The summed E-state index contributed by atoms with van der Waals surface area (Å²) < 4.78 is 0. The summed E-state index contributed by atoms with van der Waals surface area (Å²) in [5.41, 5.74) is 0.765. The maximum absolute atomic E-state index is 12.7. The molecule has 0 spiro atoms. The van der Waals surface area contributed by atoms with Gasteiger partial charge in [0, 0.05) is 30.6 Å². The number of nitrogens with one attached hydrogen (secondary N) is 1. The van der Waals surface area contributed by atoms with E-state index in [1.165, 1.54) is 5.01 Å². The first-order valence-electron chi connectivity index (χ1n) is 8.06. The Hall–Kier alpha value is -2.21. The lowest BCUT2D eigenvalue weighted by atomic mass is 10.1. The molecule has 1 saturated heterocycles. The largest absolute Gasteiger partial charge is 0.340 e. The average Bonchev–Trinajstić information content (AvgIpc) is 3.10. The van der Waals surface area contributed by atoms with Crippen LogP contribution in [0.25, 0.3) is 10.8 Å². The fourth-order valence-electron chi connectivity index (χ4n) is 2.91. The van der Waals surface area contributed by atoms with E-state index >= 15 is 0 Å². The molecule has 1 heterocycles. The van der Waals surface area contributed by atoms with Gasteiger partial charge in [0.1, 0.15) is 0 Å². The van der Waals surface area contributed by atoms with Crippen LogP contribution in [0, 0.1) is 0 Å². The molecule has 3 rings (SSSR count). The molecule has 1 aliphatic rings. The number of hydrogen-bond donors (Lipinski definition) is 1. The smallest absolute Gasteiger partial charge is 0.306 e. The van der Waals surface area contributed by atoms with Crippen LogP contribution in [0.2, 0.25) is 0 Å². The summed E-state index contributed by atoms with van der Waals surface area (Å²) in [5, 5.41) is 8.13. The molecule has 6 heteroatoms. The predicted molar refractivity (Wildman–Crippen MR) is 99.0 cm³/mol. The Morgan fingerprint density at radius 2 is 1.83 bits per heavy atom. The zero-order chi connectivity index (χ0) is 16.9. The predicted octanol–water partition coefficient (Wildman–Crippen LogP) is 3.57. The fraction of sp³-hybridized carbons (Fsp3) is 0.333. The zero-order valence-electron chi connectivity index (χ0n) is 13.7. The van der Waals surface area contributed by atoms with Crippen molar-refractivity contribution in [3.8, 4) is 0 Å². The minimum Gasteiger partial charge on any atom is -0.306 e. The minimum atomic E-state index is -0.249. The van der Waals surface area contributed by atoms with Crippen LogP contribution in [0.3, 0.4) is 0 Å². The summed E-state index contributed by atoms with van der Waals surface area (Å²) in [6.07, 6.45) is 3.25. The van der Waals surface area contributed by atoms with E-state index in [-0.39, 0.29) is 11.9 Å². The molecule has 1 N–H and O–H groups in total. The standard InChI is InChI=1S/C18H21N3O2S/c1-24-13-10-17(22)20-11-5-12-21(20)18(23)19-16-9-4-7-14-6-2-3-8-15(14)16/h2-4,6-9H,5,10-13H2,1H3,(H,19,23). The van der Waals surface area contributed by atoms with E-state index < -0.39 is 0 Å². The third-order valence-electron chi connectivity index (χ3n) is 4.10. The highest BCUT2D eigenvalue weighted by molar-refractivity contribution is 7.98. The second-order valence-corrected chi connectivity index (χ2v) is 6.68. The quantitative estimate of drug-likeness (QED) is 0.923. The van der Waals surface area contributed by atoms with Gasteiger partial charge >= 0.3 is 6.03 Å². The summed E-state index contributed by atoms with van der Waals surface area (Å²) in [5.74, 6) is 0.781. The van der Waals surface area contributed by atoms with E-state index in [9.17, 15) is 9.59 Å². The molecule has 126 valence electrons. The van der Waals surface area contributed by atoms with Gasteiger partial charge in [-0.3, -0.25) is 4.79 Å². The Labute approximate surface area is 146 Å². The van der Waals surface area contributed by atoms with E-state index in [0.29, 0.717) is 19.5 Å². The van der Waals surface area contributed by atoms with E-state index in [1.54, 1.807) is 16.8 Å². The Kier molecular flexibility index (Phi) is 5.25.